The first kappa shape index (κ1) is 21.4. The number of nitrogens with zero attached hydrogens (tertiary/aromatic N) is 1. The van der Waals surface area contributed by atoms with Crippen molar-refractivity contribution in [3.63, 3.8) is 0 Å². The van der Waals surface area contributed by atoms with Crippen LogP contribution in [0.25, 0.3) is 0 Å². The number of sulfonamides is 1. The number of benzene rings is 1. The maximum Gasteiger partial charge on any atom is 0.244 e. The quantitative estimate of drug-likeness (QED) is 0.833. The summed E-state index contributed by atoms with van der Waals surface area (Å²) in [6.07, 6.45) is 1.76. The summed E-state index contributed by atoms with van der Waals surface area (Å²) in [6, 6.07) is 4.07. The SMILES string of the molecule is C[C@H](C(=O)NC(C)(C)CC(C)(C)C)N(c1ccc(F)cc1)S(C)(=O)=O. The molecule has 25 heavy (non-hydrogen) atoms. The van der Waals surface area contributed by atoms with Gasteiger partial charge in [-0.2, -0.15) is 0 Å². The number of carbonyl (C=O) groups excluding carboxylic acids is 1. The van der Waals surface area contributed by atoms with Gasteiger partial charge in [-0.3, -0.25) is 9.10 Å². The zero-order chi connectivity index (χ0) is 19.6. The van der Waals surface area contributed by atoms with Gasteiger partial charge in [-0.25, -0.2) is 12.8 Å². The van der Waals surface area contributed by atoms with E-state index >= 15 is 0 Å². The van der Waals surface area contributed by atoms with Crippen molar-refractivity contribution < 1.29 is 17.6 Å². The van der Waals surface area contributed by atoms with Crippen molar-refractivity contribution in [1.29, 1.82) is 0 Å². The standard InChI is InChI=1S/C18H29FN2O3S/c1-13(16(22)20-18(5,6)12-17(2,3)4)21(25(7,23)24)15-10-8-14(19)9-11-15/h8-11,13H,12H2,1-7H3,(H,20,22)/t13-/m1/s1. The Balaban J connectivity index is 3.08. The number of nitrogens with one attached hydrogen (secondary N) is 1. The summed E-state index contributed by atoms with van der Waals surface area (Å²) in [7, 11) is -3.72. The molecule has 0 spiro atoms. The Morgan fingerprint density at radius 3 is 2.04 bits per heavy atom. The predicted molar refractivity (Wildman–Crippen MR) is 99.5 cm³/mol. The first-order chi connectivity index (χ1) is 11.1. The minimum absolute atomic E-state index is 0.00744. The molecule has 1 aromatic carbocycles. The van der Waals surface area contributed by atoms with Crippen LogP contribution in [0.2, 0.25) is 0 Å². The van der Waals surface area contributed by atoms with E-state index in [0.29, 0.717) is 0 Å². The molecule has 0 saturated carbocycles. The van der Waals surface area contributed by atoms with E-state index in [9.17, 15) is 17.6 Å². The molecule has 0 radical (unpaired) electrons. The average Bonchev–Trinajstić information content (AvgIpc) is 2.36. The first-order valence-corrected chi connectivity index (χ1v) is 10.0. The van der Waals surface area contributed by atoms with Gasteiger partial charge in [-0.1, -0.05) is 20.8 Å². The second-order valence-corrected chi connectivity index (χ2v) is 10.2. The second-order valence-electron chi connectivity index (χ2n) is 8.32. The summed E-state index contributed by atoms with van der Waals surface area (Å²) in [5.74, 6) is -0.871. The first-order valence-electron chi connectivity index (χ1n) is 8.19. The van der Waals surface area contributed by atoms with E-state index in [2.05, 4.69) is 26.1 Å². The molecule has 0 aliphatic carbocycles. The Hall–Kier alpha value is -1.63. The van der Waals surface area contributed by atoms with Crippen molar-refractivity contribution in [1.82, 2.24) is 5.32 Å². The molecule has 7 heteroatoms. The Kier molecular flexibility index (Phi) is 6.27. The molecule has 0 fully saturated rings. The van der Waals surface area contributed by atoms with Crippen LogP contribution in [0, 0.1) is 11.2 Å². The molecule has 0 aliphatic heterocycles. The summed E-state index contributed by atoms with van der Waals surface area (Å²) in [5, 5.41) is 2.93. The van der Waals surface area contributed by atoms with E-state index < -0.39 is 33.3 Å². The summed E-state index contributed by atoms with van der Waals surface area (Å²) >= 11 is 0. The van der Waals surface area contributed by atoms with E-state index in [1.807, 2.05) is 13.8 Å². The molecule has 5 nitrogen and oxygen atoms in total. The monoisotopic (exact) mass is 372 g/mol. The maximum atomic E-state index is 13.1. The highest BCUT2D eigenvalue weighted by molar-refractivity contribution is 7.92. The zero-order valence-electron chi connectivity index (χ0n) is 16.1. The number of halogens is 1. The number of amides is 1. The van der Waals surface area contributed by atoms with Crippen molar-refractivity contribution in [3.8, 4) is 0 Å². The number of hydrogen-bond donors (Lipinski definition) is 1. The van der Waals surface area contributed by atoms with E-state index in [1.54, 1.807) is 0 Å². The third kappa shape index (κ3) is 6.65. The zero-order valence-corrected chi connectivity index (χ0v) is 16.9. The van der Waals surface area contributed by atoms with E-state index in [-0.39, 0.29) is 11.1 Å². The van der Waals surface area contributed by atoms with Gasteiger partial charge in [0, 0.05) is 5.54 Å². The average molecular weight is 373 g/mol. The molecular formula is C18H29FN2O3S. The van der Waals surface area contributed by atoms with E-state index in [4.69, 9.17) is 0 Å². The highest BCUT2D eigenvalue weighted by Crippen LogP contribution is 2.27. The Bertz CT molecular complexity index is 707. The van der Waals surface area contributed by atoms with Gasteiger partial charge in [0.15, 0.2) is 0 Å². The van der Waals surface area contributed by atoms with Crippen LogP contribution in [-0.4, -0.2) is 32.2 Å². The van der Waals surface area contributed by atoms with Crippen LogP contribution in [0.4, 0.5) is 10.1 Å². The Morgan fingerprint density at radius 1 is 1.16 bits per heavy atom. The molecule has 1 rings (SSSR count). The fraction of sp³-hybridized carbons (Fsp3) is 0.611. The molecule has 0 aromatic heterocycles. The number of hydrogen-bond acceptors (Lipinski definition) is 3. The third-order valence-electron chi connectivity index (χ3n) is 3.60. The minimum Gasteiger partial charge on any atom is -0.349 e. The van der Waals surface area contributed by atoms with Crippen molar-refractivity contribution in [2.75, 3.05) is 10.6 Å². The lowest BCUT2D eigenvalue weighted by Gasteiger charge is -2.36. The molecule has 1 atom stereocenters. The molecule has 142 valence electrons. The third-order valence-corrected chi connectivity index (χ3v) is 4.85. The molecule has 1 N–H and O–H groups in total. The molecule has 0 aliphatic rings. The van der Waals surface area contributed by atoms with Gasteiger partial charge in [-0.15, -0.1) is 0 Å². The maximum absolute atomic E-state index is 13.1. The smallest absolute Gasteiger partial charge is 0.244 e. The fourth-order valence-corrected chi connectivity index (χ4v) is 4.38. The van der Waals surface area contributed by atoms with E-state index in [0.717, 1.165) is 17.0 Å². The Labute approximate surface area is 150 Å². The topological polar surface area (TPSA) is 66.5 Å². The van der Waals surface area contributed by atoms with Gasteiger partial charge in [0.1, 0.15) is 11.9 Å². The molecule has 0 bridgehead atoms. The van der Waals surface area contributed by atoms with Gasteiger partial charge in [0.05, 0.1) is 11.9 Å². The van der Waals surface area contributed by atoms with Gasteiger partial charge in [0.2, 0.25) is 15.9 Å². The molecule has 0 saturated heterocycles. The van der Waals surface area contributed by atoms with Crippen LogP contribution >= 0.6 is 0 Å². The molecule has 1 amide bonds. The lowest BCUT2D eigenvalue weighted by Crippen LogP contribution is -2.54. The number of anilines is 1. The minimum atomic E-state index is -3.72. The van der Waals surface area contributed by atoms with Crippen LogP contribution in [-0.2, 0) is 14.8 Å². The van der Waals surface area contributed by atoms with Crippen molar-refractivity contribution in [2.24, 2.45) is 5.41 Å². The summed E-state index contributed by atoms with van der Waals surface area (Å²) < 4.78 is 38.6. The van der Waals surface area contributed by atoms with Crippen molar-refractivity contribution in [3.05, 3.63) is 30.1 Å². The normalized spacial score (nSPS) is 14.1. The molecule has 0 heterocycles. The molecular weight excluding hydrogens is 343 g/mol. The van der Waals surface area contributed by atoms with Gasteiger partial charge in [-0.05, 0) is 56.9 Å². The summed E-state index contributed by atoms with van der Waals surface area (Å²) in [6.45, 7) is 11.6. The van der Waals surface area contributed by atoms with Crippen molar-refractivity contribution in [2.45, 2.75) is 59.5 Å². The fourth-order valence-electron chi connectivity index (χ4n) is 3.20. The largest absolute Gasteiger partial charge is 0.349 e. The van der Waals surface area contributed by atoms with Crippen LogP contribution in [0.15, 0.2) is 24.3 Å². The lowest BCUT2D eigenvalue weighted by molar-refractivity contribution is -0.123. The molecule has 1 aromatic rings. The molecule has 0 unspecified atom stereocenters. The van der Waals surface area contributed by atoms with Crippen LogP contribution < -0.4 is 9.62 Å². The van der Waals surface area contributed by atoms with Gasteiger partial charge in [0.25, 0.3) is 0 Å². The van der Waals surface area contributed by atoms with Crippen LogP contribution in [0.5, 0.6) is 0 Å². The highest BCUT2D eigenvalue weighted by Gasteiger charge is 2.33. The number of rotatable bonds is 6. The second kappa shape index (κ2) is 7.32. The predicted octanol–water partition coefficient (Wildman–Crippen LogP) is 3.31. The lowest BCUT2D eigenvalue weighted by atomic mass is 9.81. The van der Waals surface area contributed by atoms with Gasteiger partial charge < -0.3 is 5.32 Å². The van der Waals surface area contributed by atoms with Crippen LogP contribution in [0.1, 0.15) is 48.0 Å². The number of carbonyl (C=O) groups is 1. The van der Waals surface area contributed by atoms with Gasteiger partial charge >= 0.3 is 0 Å². The highest BCUT2D eigenvalue weighted by atomic mass is 32.2. The van der Waals surface area contributed by atoms with Crippen LogP contribution in [0.3, 0.4) is 0 Å². The summed E-state index contributed by atoms with van der Waals surface area (Å²) in [4.78, 5) is 12.7. The van der Waals surface area contributed by atoms with E-state index in [1.165, 1.54) is 31.2 Å². The Morgan fingerprint density at radius 2 is 1.64 bits per heavy atom. The summed E-state index contributed by atoms with van der Waals surface area (Å²) in [5.41, 5.74) is -0.233. The van der Waals surface area contributed by atoms with Crippen molar-refractivity contribution >= 4 is 21.6 Å².